The number of rotatable bonds is 3. The second-order valence-electron chi connectivity index (χ2n) is 4.61. The van der Waals surface area contributed by atoms with Crippen LogP contribution < -0.4 is 0 Å². The number of nitrogens with zero attached hydrogens (tertiary/aromatic N) is 1. The first-order valence-electron chi connectivity index (χ1n) is 5.08. The van der Waals surface area contributed by atoms with Gasteiger partial charge in [0.1, 0.15) is 0 Å². The third-order valence-corrected chi connectivity index (χ3v) is 1.97. The van der Waals surface area contributed by atoms with Gasteiger partial charge in [-0.05, 0) is 18.1 Å². The molecule has 0 atom stereocenters. The SMILES string of the molecule is C[N+](C)(C)C/C=C/C=C1C=CCC=C1. The van der Waals surface area contributed by atoms with E-state index in [1.165, 1.54) is 5.57 Å². The normalized spacial score (nSPS) is 16.6. The largest absolute Gasteiger partial charge is 0.328 e. The molecule has 0 amide bonds. The fourth-order valence-electron chi connectivity index (χ4n) is 1.21. The van der Waals surface area contributed by atoms with Gasteiger partial charge in [-0.25, -0.2) is 0 Å². The van der Waals surface area contributed by atoms with E-state index >= 15 is 0 Å². The van der Waals surface area contributed by atoms with Crippen molar-refractivity contribution in [2.45, 2.75) is 6.42 Å². The van der Waals surface area contributed by atoms with Gasteiger partial charge in [0.15, 0.2) is 0 Å². The summed E-state index contributed by atoms with van der Waals surface area (Å²) in [6.45, 7) is 1.07. The molecule has 0 heterocycles. The lowest BCUT2D eigenvalue weighted by atomic mass is 10.1. The molecule has 0 saturated heterocycles. The van der Waals surface area contributed by atoms with Gasteiger partial charge in [-0.3, -0.25) is 0 Å². The molecule has 0 aliphatic heterocycles. The van der Waals surface area contributed by atoms with Gasteiger partial charge >= 0.3 is 0 Å². The van der Waals surface area contributed by atoms with Crippen molar-refractivity contribution >= 4 is 0 Å². The van der Waals surface area contributed by atoms with E-state index in [1.807, 2.05) is 0 Å². The molecule has 0 unspecified atom stereocenters. The lowest BCUT2D eigenvalue weighted by Crippen LogP contribution is -2.34. The molecule has 0 aromatic rings. The predicted molar refractivity (Wildman–Crippen MR) is 63.0 cm³/mol. The smallest absolute Gasteiger partial charge is 0.0970 e. The highest BCUT2D eigenvalue weighted by Crippen LogP contribution is 2.07. The van der Waals surface area contributed by atoms with E-state index in [9.17, 15) is 0 Å². The molecule has 0 aromatic carbocycles. The van der Waals surface area contributed by atoms with Gasteiger partial charge in [-0.1, -0.05) is 36.5 Å². The molecule has 0 radical (unpaired) electrons. The van der Waals surface area contributed by atoms with Crippen LogP contribution in [-0.4, -0.2) is 32.2 Å². The molecule has 0 spiro atoms. The lowest BCUT2D eigenvalue weighted by molar-refractivity contribution is -0.864. The Morgan fingerprint density at radius 2 is 1.86 bits per heavy atom. The number of hydrogen-bond donors (Lipinski definition) is 0. The first-order valence-corrected chi connectivity index (χ1v) is 5.08. The molecule has 0 fully saturated rings. The third-order valence-electron chi connectivity index (χ3n) is 1.97. The second kappa shape index (κ2) is 4.97. The molecular formula is C13H20N+. The van der Waals surface area contributed by atoms with Crippen LogP contribution in [0.5, 0.6) is 0 Å². The standard InChI is InChI=1S/C13H20N/c1-14(2,3)12-8-7-11-13-9-5-4-6-10-13/h5-11H,4,12H2,1-3H3/q+1/b8-7+. The van der Waals surface area contributed by atoms with E-state index < -0.39 is 0 Å². The predicted octanol–water partition coefficient (Wildman–Crippen LogP) is 2.69. The van der Waals surface area contributed by atoms with Crippen LogP contribution in [0.2, 0.25) is 0 Å². The monoisotopic (exact) mass is 190 g/mol. The molecule has 14 heavy (non-hydrogen) atoms. The van der Waals surface area contributed by atoms with Gasteiger partial charge in [-0.15, -0.1) is 0 Å². The van der Waals surface area contributed by atoms with E-state index in [2.05, 4.69) is 63.7 Å². The van der Waals surface area contributed by atoms with Crippen molar-refractivity contribution in [2.24, 2.45) is 0 Å². The van der Waals surface area contributed by atoms with Gasteiger partial charge in [0.2, 0.25) is 0 Å². The van der Waals surface area contributed by atoms with E-state index in [4.69, 9.17) is 0 Å². The fourth-order valence-corrected chi connectivity index (χ4v) is 1.21. The highest BCUT2D eigenvalue weighted by atomic mass is 15.3. The molecule has 76 valence electrons. The van der Waals surface area contributed by atoms with Crippen molar-refractivity contribution < 1.29 is 4.48 Å². The number of likely N-dealkylation sites (N-methyl/N-ethyl adjacent to an activating group) is 1. The highest BCUT2D eigenvalue weighted by Gasteiger charge is 2.00. The summed E-state index contributed by atoms with van der Waals surface area (Å²) >= 11 is 0. The maximum absolute atomic E-state index is 2.21. The van der Waals surface area contributed by atoms with Gasteiger partial charge in [0, 0.05) is 0 Å². The van der Waals surface area contributed by atoms with Crippen LogP contribution in [-0.2, 0) is 0 Å². The summed E-state index contributed by atoms with van der Waals surface area (Å²) < 4.78 is 0.978. The van der Waals surface area contributed by atoms with Gasteiger partial charge in [0.25, 0.3) is 0 Å². The van der Waals surface area contributed by atoms with Crippen molar-refractivity contribution in [3.05, 3.63) is 48.1 Å². The Balaban J connectivity index is 2.42. The minimum Gasteiger partial charge on any atom is -0.328 e. The maximum Gasteiger partial charge on any atom is 0.0970 e. The molecular weight excluding hydrogens is 170 g/mol. The Morgan fingerprint density at radius 1 is 1.21 bits per heavy atom. The Hall–Kier alpha value is -1.08. The third kappa shape index (κ3) is 4.83. The molecule has 1 nitrogen and oxygen atoms in total. The van der Waals surface area contributed by atoms with Crippen LogP contribution in [0.3, 0.4) is 0 Å². The van der Waals surface area contributed by atoms with Crippen LogP contribution in [0.15, 0.2) is 48.1 Å². The molecule has 1 aliphatic carbocycles. The molecule has 0 saturated carbocycles. The quantitative estimate of drug-likeness (QED) is 0.600. The molecule has 0 bridgehead atoms. The molecule has 1 heteroatoms. The van der Waals surface area contributed by atoms with E-state index in [0.717, 1.165) is 17.4 Å². The van der Waals surface area contributed by atoms with Crippen molar-refractivity contribution in [1.29, 1.82) is 0 Å². The van der Waals surface area contributed by atoms with Gasteiger partial charge in [-0.2, -0.15) is 0 Å². The second-order valence-corrected chi connectivity index (χ2v) is 4.61. The summed E-state index contributed by atoms with van der Waals surface area (Å²) in [7, 11) is 6.58. The van der Waals surface area contributed by atoms with E-state index in [1.54, 1.807) is 0 Å². The Morgan fingerprint density at radius 3 is 2.43 bits per heavy atom. The Bertz CT molecular complexity index is 271. The van der Waals surface area contributed by atoms with Crippen molar-refractivity contribution in [2.75, 3.05) is 27.7 Å². The van der Waals surface area contributed by atoms with Crippen LogP contribution in [0, 0.1) is 0 Å². The zero-order valence-electron chi connectivity index (χ0n) is 9.40. The number of allylic oxidation sites excluding steroid dienone is 7. The Labute approximate surface area is 87.3 Å². The fraction of sp³-hybridized carbons (Fsp3) is 0.385. The van der Waals surface area contributed by atoms with Gasteiger partial charge < -0.3 is 4.48 Å². The molecule has 0 N–H and O–H groups in total. The highest BCUT2D eigenvalue weighted by molar-refractivity contribution is 5.36. The molecule has 0 aromatic heterocycles. The van der Waals surface area contributed by atoms with Crippen LogP contribution in [0.1, 0.15) is 6.42 Å². The first-order chi connectivity index (χ1) is 6.58. The topological polar surface area (TPSA) is 0 Å². The Kier molecular flexibility index (Phi) is 3.90. The average molecular weight is 190 g/mol. The summed E-state index contributed by atoms with van der Waals surface area (Å²) in [5.41, 5.74) is 1.29. The summed E-state index contributed by atoms with van der Waals surface area (Å²) in [5, 5.41) is 0. The van der Waals surface area contributed by atoms with Gasteiger partial charge in [0.05, 0.1) is 27.7 Å². The van der Waals surface area contributed by atoms with Crippen LogP contribution >= 0.6 is 0 Å². The summed E-state index contributed by atoms with van der Waals surface area (Å²) in [6, 6.07) is 0. The summed E-state index contributed by atoms with van der Waals surface area (Å²) in [5.74, 6) is 0. The average Bonchev–Trinajstić information content (AvgIpc) is 2.13. The van der Waals surface area contributed by atoms with Crippen molar-refractivity contribution in [1.82, 2.24) is 0 Å². The van der Waals surface area contributed by atoms with Crippen molar-refractivity contribution in [3.8, 4) is 0 Å². The minimum atomic E-state index is 0.978. The number of quaternary nitrogens is 1. The maximum atomic E-state index is 2.21. The molecule has 1 aliphatic rings. The molecule has 1 rings (SSSR count). The zero-order chi connectivity index (χ0) is 10.4. The minimum absolute atomic E-state index is 0.978. The number of hydrogen-bond acceptors (Lipinski definition) is 0. The van der Waals surface area contributed by atoms with Crippen LogP contribution in [0.25, 0.3) is 0 Å². The summed E-state index contributed by atoms with van der Waals surface area (Å²) in [4.78, 5) is 0. The first kappa shape index (κ1) is 11.0. The van der Waals surface area contributed by atoms with E-state index in [-0.39, 0.29) is 0 Å². The van der Waals surface area contributed by atoms with Crippen molar-refractivity contribution in [3.63, 3.8) is 0 Å². The zero-order valence-corrected chi connectivity index (χ0v) is 9.40. The lowest BCUT2D eigenvalue weighted by Gasteiger charge is -2.21. The van der Waals surface area contributed by atoms with E-state index in [0.29, 0.717) is 0 Å². The van der Waals surface area contributed by atoms with Crippen LogP contribution in [0.4, 0.5) is 0 Å². The summed E-state index contributed by atoms with van der Waals surface area (Å²) in [6.07, 6.45) is 16.3.